The fraction of sp³-hybridized carbons (Fsp3) is 0.200. The molecule has 0 heterocycles. The molecule has 0 fully saturated rings. The summed E-state index contributed by atoms with van der Waals surface area (Å²) in [5.41, 5.74) is 12.2. The second-order valence-electron chi connectivity index (χ2n) is 3.84. The van der Waals surface area contributed by atoms with E-state index in [1.807, 2.05) is 0 Å². The molecule has 0 atom stereocenters. The summed E-state index contributed by atoms with van der Waals surface area (Å²) < 4.78 is 0. The van der Waals surface area contributed by atoms with Gasteiger partial charge < -0.3 is 11.5 Å². The van der Waals surface area contributed by atoms with Crippen molar-refractivity contribution in [1.82, 2.24) is 0 Å². The number of primary amides is 2. The molecular formula is C10H16N6O2. The van der Waals surface area contributed by atoms with Crippen molar-refractivity contribution < 1.29 is 9.59 Å². The van der Waals surface area contributed by atoms with Crippen LogP contribution in [0.15, 0.2) is 12.1 Å². The second kappa shape index (κ2) is 4.90. The van der Waals surface area contributed by atoms with Gasteiger partial charge in [-0.25, -0.2) is 31.3 Å². The number of anilines is 2. The maximum absolute atomic E-state index is 11.1. The average Bonchev–Trinajstić information content (AvgIpc) is 2.29. The van der Waals surface area contributed by atoms with Gasteiger partial charge in [-0.3, -0.25) is 0 Å². The molecule has 0 radical (unpaired) electrons. The van der Waals surface area contributed by atoms with Crippen molar-refractivity contribution in [2.24, 2.45) is 23.2 Å². The molecule has 0 saturated heterocycles. The lowest BCUT2D eigenvalue weighted by molar-refractivity contribution is 0.253. The Morgan fingerprint density at radius 2 is 1.28 bits per heavy atom. The number of benzene rings is 1. The summed E-state index contributed by atoms with van der Waals surface area (Å²) in [4.78, 5) is 22.1. The molecular weight excluding hydrogens is 236 g/mol. The van der Waals surface area contributed by atoms with Gasteiger partial charge in [0.15, 0.2) is 0 Å². The number of hydrazine groups is 2. The first kappa shape index (κ1) is 13.7. The first-order chi connectivity index (χ1) is 8.25. The van der Waals surface area contributed by atoms with Gasteiger partial charge in [0.2, 0.25) is 0 Å². The Hall–Kier alpha value is -2.32. The summed E-state index contributed by atoms with van der Waals surface area (Å²) in [5, 5.41) is 1.56. The van der Waals surface area contributed by atoms with Crippen molar-refractivity contribution in [2.75, 3.05) is 10.0 Å². The Morgan fingerprint density at radius 3 is 1.56 bits per heavy atom. The van der Waals surface area contributed by atoms with Crippen LogP contribution in [-0.4, -0.2) is 12.1 Å². The minimum Gasteiger partial charge on any atom is -0.350 e. The highest BCUT2D eigenvalue weighted by atomic mass is 16.2. The van der Waals surface area contributed by atoms with E-state index in [-0.39, 0.29) is 0 Å². The van der Waals surface area contributed by atoms with E-state index in [1.165, 1.54) is 0 Å². The third-order valence-electron chi connectivity index (χ3n) is 2.49. The fourth-order valence-corrected chi connectivity index (χ4v) is 1.56. The summed E-state index contributed by atoms with van der Waals surface area (Å²) in [6.45, 7) is 3.41. The Morgan fingerprint density at radius 1 is 0.944 bits per heavy atom. The minimum atomic E-state index is -0.822. The quantitative estimate of drug-likeness (QED) is 0.328. The minimum absolute atomic E-state index is 0.356. The maximum atomic E-state index is 11.1. The zero-order valence-electron chi connectivity index (χ0n) is 10.2. The zero-order chi connectivity index (χ0) is 14.0. The summed E-state index contributed by atoms with van der Waals surface area (Å²) in [6.07, 6.45) is 0. The van der Waals surface area contributed by atoms with Gasteiger partial charge in [-0.1, -0.05) is 0 Å². The van der Waals surface area contributed by atoms with E-state index in [4.69, 9.17) is 23.2 Å². The van der Waals surface area contributed by atoms with E-state index in [1.54, 1.807) is 26.0 Å². The van der Waals surface area contributed by atoms with Gasteiger partial charge in [-0.15, -0.1) is 0 Å². The Bertz CT molecular complexity index is 460. The molecule has 0 saturated carbocycles. The van der Waals surface area contributed by atoms with Crippen LogP contribution in [0.4, 0.5) is 21.0 Å². The standard InChI is InChI=1S/C10H16N6O2/c1-5-3-7(15(13)9(11)17)6(2)8(4-5)16(14)10(12)18/h3-4H,13-14H2,1-2H3,(H2,11,17)(H2,12,18). The molecule has 18 heavy (non-hydrogen) atoms. The predicted octanol–water partition coefficient (Wildman–Crippen LogP) is -0.179. The molecule has 1 rings (SSSR count). The van der Waals surface area contributed by atoms with Crippen LogP contribution in [0.1, 0.15) is 11.1 Å². The van der Waals surface area contributed by atoms with Crippen LogP contribution in [0.3, 0.4) is 0 Å². The monoisotopic (exact) mass is 252 g/mol. The second-order valence-corrected chi connectivity index (χ2v) is 3.84. The van der Waals surface area contributed by atoms with Crippen molar-refractivity contribution in [3.05, 3.63) is 23.3 Å². The number of hydrogen-bond donors (Lipinski definition) is 4. The molecule has 98 valence electrons. The van der Waals surface area contributed by atoms with Crippen molar-refractivity contribution >= 4 is 23.4 Å². The van der Waals surface area contributed by atoms with E-state index in [9.17, 15) is 9.59 Å². The molecule has 8 N–H and O–H groups in total. The van der Waals surface area contributed by atoms with Gasteiger partial charge in [0.25, 0.3) is 0 Å². The number of hydrogen-bond acceptors (Lipinski definition) is 4. The highest BCUT2D eigenvalue weighted by molar-refractivity contribution is 5.95. The molecule has 0 spiro atoms. The Balaban J connectivity index is 3.39. The number of amides is 4. The average molecular weight is 252 g/mol. The lowest BCUT2D eigenvalue weighted by Crippen LogP contribution is -2.44. The number of nitrogens with two attached hydrogens (primary N) is 4. The number of carbonyl (C=O) groups is 2. The van der Waals surface area contributed by atoms with Crippen molar-refractivity contribution in [3.8, 4) is 0 Å². The van der Waals surface area contributed by atoms with Crippen LogP contribution in [0, 0.1) is 13.8 Å². The van der Waals surface area contributed by atoms with E-state index >= 15 is 0 Å². The molecule has 0 aliphatic carbocycles. The molecule has 1 aromatic rings. The number of carbonyl (C=O) groups excluding carboxylic acids is 2. The Labute approximate surface area is 104 Å². The van der Waals surface area contributed by atoms with E-state index < -0.39 is 12.1 Å². The van der Waals surface area contributed by atoms with Gasteiger partial charge in [-0.2, -0.15) is 0 Å². The fourth-order valence-electron chi connectivity index (χ4n) is 1.56. The molecule has 0 aliphatic rings. The predicted molar refractivity (Wildman–Crippen MR) is 68.4 cm³/mol. The third kappa shape index (κ3) is 2.50. The van der Waals surface area contributed by atoms with Crippen LogP contribution >= 0.6 is 0 Å². The van der Waals surface area contributed by atoms with Crippen LogP contribution in [-0.2, 0) is 0 Å². The van der Waals surface area contributed by atoms with E-state index in [2.05, 4.69) is 0 Å². The third-order valence-corrected chi connectivity index (χ3v) is 2.49. The van der Waals surface area contributed by atoms with Gasteiger partial charge >= 0.3 is 12.1 Å². The molecule has 8 nitrogen and oxygen atoms in total. The topological polar surface area (TPSA) is 145 Å². The van der Waals surface area contributed by atoms with Gasteiger partial charge in [-0.05, 0) is 37.1 Å². The van der Waals surface area contributed by atoms with Gasteiger partial charge in [0.05, 0.1) is 11.4 Å². The highest BCUT2D eigenvalue weighted by Crippen LogP contribution is 2.29. The first-order valence-corrected chi connectivity index (χ1v) is 5.05. The number of aryl methyl sites for hydroxylation is 1. The van der Waals surface area contributed by atoms with Crippen molar-refractivity contribution in [2.45, 2.75) is 13.8 Å². The molecule has 1 aromatic carbocycles. The molecule has 4 amide bonds. The summed E-state index contributed by atoms with van der Waals surface area (Å²) in [7, 11) is 0. The zero-order valence-corrected chi connectivity index (χ0v) is 10.2. The van der Waals surface area contributed by atoms with Gasteiger partial charge in [0.1, 0.15) is 0 Å². The molecule has 0 aromatic heterocycles. The molecule has 0 unspecified atom stereocenters. The first-order valence-electron chi connectivity index (χ1n) is 5.05. The summed E-state index contributed by atoms with van der Waals surface area (Å²) in [5.74, 6) is 11.1. The number of rotatable bonds is 2. The van der Waals surface area contributed by atoms with Crippen LogP contribution < -0.4 is 33.2 Å². The van der Waals surface area contributed by atoms with Crippen LogP contribution in [0.2, 0.25) is 0 Å². The maximum Gasteiger partial charge on any atom is 0.333 e. The SMILES string of the molecule is Cc1cc(N(N)C(N)=O)c(C)c(N(N)C(N)=O)c1. The van der Waals surface area contributed by atoms with E-state index in [0.717, 1.165) is 15.6 Å². The number of nitrogens with zero attached hydrogens (tertiary/aromatic N) is 2. The normalized spacial score (nSPS) is 10.0. The molecule has 8 heteroatoms. The summed E-state index contributed by atoms with van der Waals surface area (Å²) >= 11 is 0. The van der Waals surface area contributed by atoms with Crippen molar-refractivity contribution in [1.29, 1.82) is 0 Å². The Kier molecular flexibility index (Phi) is 3.74. The molecule has 0 aliphatic heterocycles. The van der Waals surface area contributed by atoms with Crippen molar-refractivity contribution in [3.63, 3.8) is 0 Å². The largest absolute Gasteiger partial charge is 0.350 e. The smallest absolute Gasteiger partial charge is 0.333 e. The van der Waals surface area contributed by atoms with Gasteiger partial charge in [0, 0.05) is 0 Å². The number of urea groups is 2. The van der Waals surface area contributed by atoms with Crippen LogP contribution in [0.5, 0.6) is 0 Å². The summed E-state index contributed by atoms with van der Waals surface area (Å²) in [6, 6.07) is 1.66. The highest BCUT2D eigenvalue weighted by Gasteiger charge is 2.18. The van der Waals surface area contributed by atoms with E-state index in [0.29, 0.717) is 16.9 Å². The lowest BCUT2D eigenvalue weighted by Gasteiger charge is -2.23. The lowest BCUT2D eigenvalue weighted by atomic mass is 10.1. The molecule has 0 bridgehead atoms. The van der Waals surface area contributed by atoms with Crippen LogP contribution in [0.25, 0.3) is 0 Å².